The zero-order valence-electron chi connectivity index (χ0n) is 17.0. The lowest BCUT2D eigenvalue weighted by Crippen LogP contribution is -2.41. The molecule has 5 rings (SSSR count). The Bertz CT molecular complexity index is 990. The van der Waals surface area contributed by atoms with Gasteiger partial charge in [-0.15, -0.1) is 0 Å². The van der Waals surface area contributed by atoms with Crippen molar-refractivity contribution in [2.75, 3.05) is 26.7 Å². The van der Waals surface area contributed by atoms with Gasteiger partial charge in [0, 0.05) is 30.3 Å². The second-order valence-corrected chi connectivity index (χ2v) is 7.89. The molecule has 3 aliphatic heterocycles. The highest BCUT2D eigenvalue weighted by Crippen LogP contribution is 2.35. The molecule has 0 atom stereocenters. The average Bonchev–Trinajstić information content (AvgIpc) is 3.39. The molecule has 0 radical (unpaired) electrons. The van der Waals surface area contributed by atoms with Crippen LogP contribution < -0.4 is 18.9 Å². The minimum Gasteiger partial charge on any atom is -0.454 e. The molecule has 1 saturated heterocycles. The molecule has 0 amide bonds. The number of likely N-dealkylation sites (tertiary alicyclic amines) is 1. The van der Waals surface area contributed by atoms with Crippen LogP contribution in [0.1, 0.15) is 25.0 Å². The van der Waals surface area contributed by atoms with Crippen molar-refractivity contribution in [2.24, 2.45) is 0 Å². The molecule has 0 saturated carbocycles. The Morgan fingerprint density at radius 2 is 1.23 bits per heavy atom. The minimum atomic E-state index is 0.0715. The number of ketones is 1. The van der Waals surface area contributed by atoms with E-state index in [0.29, 0.717) is 30.6 Å². The average molecular weight is 405 g/mol. The molecule has 0 spiro atoms. The van der Waals surface area contributed by atoms with Gasteiger partial charge in [0.2, 0.25) is 13.6 Å². The van der Waals surface area contributed by atoms with Crippen molar-refractivity contribution < 1.29 is 23.7 Å². The van der Waals surface area contributed by atoms with Crippen LogP contribution in [0.2, 0.25) is 0 Å². The number of carbonyl (C=O) groups excluding carboxylic acids is 1. The maximum absolute atomic E-state index is 13.3. The standard InChI is InChI=1S/C24H23NO5/c1-15(2)25-11-18(7-16-3-5-20-22(9-16)29-13-27-20)24(26)19(12-25)8-17-4-6-21-23(10-17)30-14-28-21/h3-10,15H,11-14H2,1-2H3/b18-7+,19-8+. The normalized spacial score (nSPS) is 20.6. The van der Waals surface area contributed by atoms with E-state index in [4.69, 9.17) is 18.9 Å². The van der Waals surface area contributed by atoms with Gasteiger partial charge in [0.15, 0.2) is 28.8 Å². The third-order valence-corrected chi connectivity index (χ3v) is 5.54. The summed E-state index contributed by atoms with van der Waals surface area (Å²) in [6, 6.07) is 11.8. The molecule has 3 aliphatic rings. The summed E-state index contributed by atoms with van der Waals surface area (Å²) < 4.78 is 21.7. The summed E-state index contributed by atoms with van der Waals surface area (Å²) >= 11 is 0. The van der Waals surface area contributed by atoms with E-state index in [1.54, 1.807) is 0 Å². The van der Waals surface area contributed by atoms with Crippen molar-refractivity contribution in [3.05, 3.63) is 58.7 Å². The Hall–Kier alpha value is -3.25. The lowest BCUT2D eigenvalue weighted by atomic mass is 9.93. The topological polar surface area (TPSA) is 57.2 Å². The third-order valence-electron chi connectivity index (χ3n) is 5.54. The second kappa shape index (κ2) is 7.54. The molecule has 0 unspecified atom stereocenters. The van der Waals surface area contributed by atoms with Crippen LogP contribution in [-0.2, 0) is 4.79 Å². The smallest absolute Gasteiger partial charge is 0.231 e. The van der Waals surface area contributed by atoms with Crippen molar-refractivity contribution in [3.63, 3.8) is 0 Å². The molecule has 2 aromatic rings. The Morgan fingerprint density at radius 3 is 1.70 bits per heavy atom. The lowest BCUT2D eigenvalue weighted by Gasteiger charge is -2.32. The predicted molar refractivity (Wildman–Crippen MR) is 113 cm³/mol. The summed E-state index contributed by atoms with van der Waals surface area (Å²) in [7, 11) is 0. The maximum Gasteiger partial charge on any atom is 0.231 e. The van der Waals surface area contributed by atoms with Gasteiger partial charge in [0.25, 0.3) is 0 Å². The van der Waals surface area contributed by atoms with E-state index in [9.17, 15) is 4.79 Å². The third kappa shape index (κ3) is 3.55. The van der Waals surface area contributed by atoms with E-state index in [-0.39, 0.29) is 19.4 Å². The van der Waals surface area contributed by atoms with Crippen LogP contribution in [0.15, 0.2) is 47.5 Å². The van der Waals surface area contributed by atoms with Crippen LogP contribution in [-0.4, -0.2) is 43.4 Å². The summed E-state index contributed by atoms with van der Waals surface area (Å²) in [5, 5.41) is 0. The Labute approximate surface area is 175 Å². The van der Waals surface area contributed by atoms with Gasteiger partial charge in [-0.2, -0.15) is 0 Å². The number of benzene rings is 2. The van der Waals surface area contributed by atoms with Crippen molar-refractivity contribution in [1.29, 1.82) is 0 Å². The summed E-state index contributed by atoms with van der Waals surface area (Å²) in [5.41, 5.74) is 3.38. The van der Waals surface area contributed by atoms with E-state index in [1.807, 2.05) is 48.6 Å². The zero-order valence-corrected chi connectivity index (χ0v) is 17.0. The molecule has 30 heavy (non-hydrogen) atoms. The van der Waals surface area contributed by atoms with E-state index < -0.39 is 0 Å². The van der Waals surface area contributed by atoms with Crippen LogP contribution in [0, 0.1) is 0 Å². The number of rotatable bonds is 3. The quantitative estimate of drug-likeness (QED) is 0.722. The molecular weight excluding hydrogens is 382 g/mol. The molecule has 3 heterocycles. The first-order chi connectivity index (χ1) is 14.6. The van der Waals surface area contributed by atoms with E-state index in [0.717, 1.165) is 33.8 Å². The maximum atomic E-state index is 13.3. The molecule has 154 valence electrons. The molecule has 6 heteroatoms. The van der Waals surface area contributed by atoms with E-state index in [2.05, 4.69) is 18.7 Å². The molecule has 6 nitrogen and oxygen atoms in total. The number of fused-ring (bicyclic) bond motifs is 2. The van der Waals surface area contributed by atoms with Gasteiger partial charge in [0.05, 0.1) is 0 Å². The molecule has 0 aromatic heterocycles. The number of nitrogens with zero attached hydrogens (tertiary/aromatic N) is 1. The number of hydrogen-bond acceptors (Lipinski definition) is 6. The van der Waals surface area contributed by atoms with Crippen molar-refractivity contribution >= 4 is 17.9 Å². The number of ether oxygens (including phenoxy) is 4. The summed E-state index contributed by atoms with van der Waals surface area (Å²) in [4.78, 5) is 15.6. The second-order valence-electron chi connectivity index (χ2n) is 7.89. The minimum absolute atomic E-state index is 0.0715. The van der Waals surface area contributed by atoms with Gasteiger partial charge in [-0.05, 0) is 61.4 Å². The molecule has 0 N–H and O–H groups in total. The van der Waals surface area contributed by atoms with Crippen LogP contribution in [0.5, 0.6) is 23.0 Å². The summed E-state index contributed by atoms with van der Waals surface area (Å²) in [6.45, 7) is 5.99. The fraction of sp³-hybridized carbons (Fsp3) is 0.292. The first-order valence-electron chi connectivity index (χ1n) is 10.1. The molecule has 2 aromatic carbocycles. The van der Waals surface area contributed by atoms with Gasteiger partial charge in [0.1, 0.15) is 0 Å². The largest absolute Gasteiger partial charge is 0.454 e. The number of hydrogen-bond donors (Lipinski definition) is 0. The Kier molecular flexibility index (Phi) is 4.71. The molecule has 1 fully saturated rings. The zero-order chi connectivity index (χ0) is 20.7. The van der Waals surface area contributed by atoms with Crippen molar-refractivity contribution in [2.45, 2.75) is 19.9 Å². The van der Waals surface area contributed by atoms with Crippen molar-refractivity contribution in [1.82, 2.24) is 4.90 Å². The monoisotopic (exact) mass is 405 g/mol. The molecule has 0 bridgehead atoms. The van der Waals surface area contributed by atoms with Gasteiger partial charge < -0.3 is 18.9 Å². The highest BCUT2D eigenvalue weighted by Gasteiger charge is 2.28. The fourth-order valence-electron chi connectivity index (χ4n) is 3.84. The van der Waals surface area contributed by atoms with Crippen LogP contribution in [0.3, 0.4) is 0 Å². The highest BCUT2D eigenvalue weighted by molar-refractivity contribution is 6.14. The summed E-state index contributed by atoms with van der Waals surface area (Å²) in [6.07, 6.45) is 3.90. The van der Waals surface area contributed by atoms with Crippen LogP contribution >= 0.6 is 0 Å². The van der Waals surface area contributed by atoms with Crippen LogP contribution in [0.25, 0.3) is 12.2 Å². The van der Waals surface area contributed by atoms with Crippen molar-refractivity contribution in [3.8, 4) is 23.0 Å². The molecular formula is C24H23NO5. The summed E-state index contributed by atoms with van der Waals surface area (Å²) in [5.74, 6) is 2.97. The predicted octanol–water partition coefficient (Wildman–Crippen LogP) is 3.90. The number of Topliss-reactive ketones (excluding diaryl/α,β-unsaturated/α-hetero) is 1. The van der Waals surface area contributed by atoms with Crippen LogP contribution in [0.4, 0.5) is 0 Å². The Balaban J connectivity index is 1.48. The van der Waals surface area contributed by atoms with Gasteiger partial charge in [-0.1, -0.05) is 12.1 Å². The first-order valence-corrected chi connectivity index (χ1v) is 10.1. The Morgan fingerprint density at radius 1 is 0.767 bits per heavy atom. The fourth-order valence-corrected chi connectivity index (χ4v) is 3.84. The van der Waals surface area contributed by atoms with Gasteiger partial charge >= 0.3 is 0 Å². The lowest BCUT2D eigenvalue weighted by molar-refractivity contribution is -0.113. The van der Waals surface area contributed by atoms with Gasteiger partial charge in [-0.3, -0.25) is 9.69 Å². The number of carbonyl (C=O) groups is 1. The SMILES string of the molecule is CC(C)N1C/C(=C\c2ccc3c(c2)OCO3)C(=O)/C(=C/c2ccc3c(c2)OCO3)C1. The van der Waals surface area contributed by atoms with Gasteiger partial charge in [-0.25, -0.2) is 0 Å². The van der Waals surface area contributed by atoms with E-state index in [1.165, 1.54) is 0 Å². The van der Waals surface area contributed by atoms with E-state index >= 15 is 0 Å². The highest BCUT2D eigenvalue weighted by atomic mass is 16.7. The molecule has 0 aliphatic carbocycles. The first kappa shape index (κ1) is 18.8. The number of piperidine rings is 1.